The Balaban J connectivity index is 0.000000171. The number of rotatable bonds is 0. The molecule has 17 heavy (non-hydrogen) atoms. The van der Waals surface area contributed by atoms with Crippen molar-refractivity contribution in [1.29, 1.82) is 0 Å². The minimum absolute atomic E-state index is 0.991. The molecule has 96 valence electrons. The Bertz CT molecular complexity index is 341. The SMILES string of the molecule is CC1CC(C)C(C)C1.Cc1ccc(C)c(C)c1. The monoisotopic (exact) mass is 232 g/mol. The third-order valence-corrected chi connectivity index (χ3v) is 4.18. The number of hydrogen-bond donors (Lipinski definition) is 0. The lowest BCUT2D eigenvalue weighted by Gasteiger charge is -2.04. The van der Waals surface area contributed by atoms with Crippen LogP contribution in [0, 0.1) is 38.5 Å². The largest absolute Gasteiger partial charge is 0.0625 e. The van der Waals surface area contributed by atoms with Crippen LogP contribution < -0.4 is 0 Å². The second-order valence-electron chi connectivity index (χ2n) is 6.12. The zero-order valence-corrected chi connectivity index (χ0v) is 12.4. The highest BCUT2D eigenvalue weighted by Gasteiger charge is 2.24. The molecule has 0 spiro atoms. The summed E-state index contributed by atoms with van der Waals surface area (Å²) in [5, 5.41) is 0. The third kappa shape index (κ3) is 4.53. The van der Waals surface area contributed by atoms with Crippen LogP contribution in [-0.4, -0.2) is 0 Å². The van der Waals surface area contributed by atoms with Gasteiger partial charge < -0.3 is 0 Å². The summed E-state index contributed by atoms with van der Waals surface area (Å²) < 4.78 is 0. The van der Waals surface area contributed by atoms with Crippen LogP contribution in [0.5, 0.6) is 0 Å². The Morgan fingerprint density at radius 3 is 1.65 bits per heavy atom. The maximum absolute atomic E-state index is 2.37. The van der Waals surface area contributed by atoms with Crippen molar-refractivity contribution in [3.63, 3.8) is 0 Å². The molecule has 0 amide bonds. The van der Waals surface area contributed by atoms with Gasteiger partial charge in [0.05, 0.1) is 0 Å². The van der Waals surface area contributed by atoms with E-state index < -0.39 is 0 Å². The fourth-order valence-electron chi connectivity index (χ4n) is 2.72. The standard InChI is InChI=1S/C9H12.C8H16/c1-7-4-5-8(2)9(3)6-7;1-6-4-7(2)8(3)5-6/h4-6H,1-3H3;6-8H,4-5H2,1-3H3. The van der Waals surface area contributed by atoms with Gasteiger partial charge >= 0.3 is 0 Å². The van der Waals surface area contributed by atoms with Gasteiger partial charge in [-0.05, 0) is 62.5 Å². The van der Waals surface area contributed by atoms with Crippen molar-refractivity contribution in [1.82, 2.24) is 0 Å². The van der Waals surface area contributed by atoms with E-state index in [-0.39, 0.29) is 0 Å². The van der Waals surface area contributed by atoms with E-state index in [1.807, 2.05) is 0 Å². The van der Waals surface area contributed by atoms with Crippen LogP contribution in [0.25, 0.3) is 0 Å². The molecular weight excluding hydrogens is 204 g/mol. The molecule has 1 aromatic carbocycles. The summed E-state index contributed by atoms with van der Waals surface area (Å²) in [7, 11) is 0. The highest BCUT2D eigenvalue weighted by molar-refractivity contribution is 5.28. The van der Waals surface area contributed by atoms with Crippen LogP contribution in [0.15, 0.2) is 18.2 Å². The van der Waals surface area contributed by atoms with Gasteiger partial charge in [0.2, 0.25) is 0 Å². The van der Waals surface area contributed by atoms with Crippen molar-refractivity contribution >= 4 is 0 Å². The predicted octanol–water partition coefficient (Wildman–Crippen LogP) is 5.30. The van der Waals surface area contributed by atoms with Crippen molar-refractivity contribution in [2.45, 2.75) is 54.4 Å². The molecule has 2 rings (SSSR count). The minimum atomic E-state index is 0.991. The van der Waals surface area contributed by atoms with Crippen molar-refractivity contribution in [3.05, 3.63) is 34.9 Å². The molecule has 1 fully saturated rings. The van der Waals surface area contributed by atoms with E-state index in [2.05, 4.69) is 59.7 Å². The van der Waals surface area contributed by atoms with Gasteiger partial charge in [-0.25, -0.2) is 0 Å². The molecule has 2 atom stereocenters. The first-order chi connectivity index (χ1) is 7.90. The molecule has 0 nitrogen and oxygen atoms in total. The average molecular weight is 232 g/mol. The summed E-state index contributed by atoms with van der Waals surface area (Å²) in [5.41, 5.74) is 4.11. The molecule has 0 heterocycles. The lowest BCUT2D eigenvalue weighted by atomic mass is 10.0. The summed E-state index contributed by atoms with van der Waals surface area (Å²) in [6, 6.07) is 6.50. The first kappa shape index (κ1) is 14.3. The zero-order chi connectivity index (χ0) is 13.0. The summed E-state index contributed by atoms with van der Waals surface area (Å²) >= 11 is 0. The highest BCUT2D eigenvalue weighted by atomic mass is 14.3. The van der Waals surface area contributed by atoms with Gasteiger partial charge in [-0.1, -0.05) is 44.5 Å². The van der Waals surface area contributed by atoms with Crippen molar-refractivity contribution in [2.24, 2.45) is 17.8 Å². The number of aryl methyl sites for hydroxylation is 3. The van der Waals surface area contributed by atoms with Crippen LogP contribution in [0.4, 0.5) is 0 Å². The Morgan fingerprint density at radius 2 is 1.35 bits per heavy atom. The molecule has 0 aromatic heterocycles. The van der Waals surface area contributed by atoms with Gasteiger partial charge in [0.25, 0.3) is 0 Å². The summed E-state index contributed by atoms with van der Waals surface area (Å²) in [5.74, 6) is 2.98. The first-order valence-corrected chi connectivity index (χ1v) is 6.94. The maximum atomic E-state index is 2.37. The molecule has 0 saturated heterocycles. The highest BCUT2D eigenvalue weighted by Crippen LogP contribution is 2.34. The van der Waals surface area contributed by atoms with Gasteiger partial charge in [-0.15, -0.1) is 0 Å². The molecule has 0 aliphatic heterocycles. The fourth-order valence-corrected chi connectivity index (χ4v) is 2.72. The fraction of sp³-hybridized carbons (Fsp3) is 0.647. The Kier molecular flexibility index (Phi) is 5.24. The van der Waals surface area contributed by atoms with Gasteiger partial charge in [-0.2, -0.15) is 0 Å². The van der Waals surface area contributed by atoms with Gasteiger partial charge in [0.15, 0.2) is 0 Å². The third-order valence-electron chi connectivity index (χ3n) is 4.18. The van der Waals surface area contributed by atoms with E-state index in [1.165, 1.54) is 29.5 Å². The van der Waals surface area contributed by atoms with E-state index in [4.69, 9.17) is 0 Å². The topological polar surface area (TPSA) is 0 Å². The molecular formula is C17H28. The minimum Gasteiger partial charge on any atom is -0.0625 e. The molecule has 1 aliphatic carbocycles. The van der Waals surface area contributed by atoms with E-state index in [1.54, 1.807) is 0 Å². The quantitative estimate of drug-likeness (QED) is 0.569. The number of hydrogen-bond acceptors (Lipinski definition) is 0. The van der Waals surface area contributed by atoms with Gasteiger partial charge in [0, 0.05) is 0 Å². The van der Waals surface area contributed by atoms with E-state index in [0.717, 1.165) is 17.8 Å². The van der Waals surface area contributed by atoms with E-state index in [9.17, 15) is 0 Å². The maximum Gasteiger partial charge on any atom is -0.0395 e. The lowest BCUT2D eigenvalue weighted by molar-refractivity contribution is 0.457. The summed E-state index contributed by atoms with van der Waals surface area (Å²) in [4.78, 5) is 0. The summed E-state index contributed by atoms with van der Waals surface area (Å²) in [6.07, 6.45) is 2.92. The molecule has 0 radical (unpaired) electrons. The normalized spacial score (nSPS) is 27.5. The lowest BCUT2D eigenvalue weighted by Crippen LogP contribution is -1.95. The van der Waals surface area contributed by atoms with Crippen LogP contribution in [0.2, 0.25) is 0 Å². The molecule has 0 heteroatoms. The van der Waals surface area contributed by atoms with E-state index in [0.29, 0.717) is 0 Å². The molecule has 1 aliphatic rings. The molecule has 0 N–H and O–H groups in total. The van der Waals surface area contributed by atoms with Crippen LogP contribution in [0.3, 0.4) is 0 Å². The van der Waals surface area contributed by atoms with Crippen LogP contribution >= 0.6 is 0 Å². The Hall–Kier alpha value is -0.780. The molecule has 1 aromatic rings. The first-order valence-electron chi connectivity index (χ1n) is 6.94. The number of benzene rings is 1. The average Bonchev–Trinajstić information content (AvgIpc) is 2.52. The second kappa shape index (κ2) is 6.23. The van der Waals surface area contributed by atoms with Crippen LogP contribution in [0.1, 0.15) is 50.3 Å². The van der Waals surface area contributed by atoms with Crippen molar-refractivity contribution < 1.29 is 0 Å². The second-order valence-corrected chi connectivity index (χ2v) is 6.12. The van der Waals surface area contributed by atoms with Gasteiger partial charge in [-0.3, -0.25) is 0 Å². The van der Waals surface area contributed by atoms with Crippen molar-refractivity contribution in [3.8, 4) is 0 Å². The van der Waals surface area contributed by atoms with Gasteiger partial charge in [0.1, 0.15) is 0 Å². The zero-order valence-electron chi connectivity index (χ0n) is 12.4. The summed E-state index contributed by atoms with van der Waals surface area (Å²) in [6.45, 7) is 13.5. The van der Waals surface area contributed by atoms with E-state index >= 15 is 0 Å². The molecule has 1 saturated carbocycles. The van der Waals surface area contributed by atoms with Crippen LogP contribution in [-0.2, 0) is 0 Å². The molecule has 0 bridgehead atoms. The Morgan fingerprint density at radius 1 is 0.824 bits per heavy atom. The molecule has 2 unspecified atom stereocenters. The predicted molar refractivity (Wildman–Crippen MR) is 77.4 cm³/mol. The smallest absolute Gasteiger partial charge is 0.0395 e. The van der Waals surface area contributed by atoms with Crippen molar-refractivity contribution in [2.75, 3.05) is 0 Å². The Labute approximate surface area is 107 Å².